The molecule has 20 heavy (non-hydrogen) atoms. The second-order valence-corrected chi connectivity index (χ2v) is 6.47. The van der Waals surface area contributed by atoms with E-state index in [0.717, 1.165) is 11.8 Å². The van der Waals surface area contributed by atoms with Crippen molar-refractivity contribution in [2.24, 2.45) is 0 Å². The van der Waals surface area contributed by atoms with Crippen molar-refractivity contribution in [2.45, 2.75) is 36.8 Å². The molecule has 1 amide bonds. The van der Waals surface area contributed by atoms with Gasteiger partial charge in [-0.05, 0) is 32.3 Å². The Hall–Kier alpha value is -1.41. The Labute approximate surface area is 121 Å². The number of carbonyl (C=O) groups excluding carboxylic acids is 1. The molecule has 0 bridgehead atoms. The predicted octanol–water partition coefficient (Wildman–Crippen LogP) is 1.12. The van der Waals surface area contributed by atoms with Crippen molar-refractivity contribution < 1.29 is 18.9 Å². The molecule has 0 saturated carbocycles. The van der Waals surface area contributed by atoms with Gasteiger partial charge in [0.1, 0.15) is 11.4 Å². The zero-order valence-electron chi connectivity index (χ0n) is 11.5. The topological polar surface area (TPSA) is 70.6 Å². The number of benzene rings is 1. The van der Waals surface area contributed by atoms with E-state index in [-0.39, 0.29) is 13.3 Å². The van der Waals surface area contributed by atoms with E-state index in [9.17, 15) is 14.2 Å². The summed E-state index contributed by atoms with van der Waals surface area (Å²) in [5, 5.41) is 14.8. The van der Waals surface area contributed by atoms with E-state index in [1.54, 1.807) is 20.8 Å². The summed E-state index contributed by atoms with van der Waals surface area (Å²) in [6.45, 7) is 5.29. The van der Waals surface area contributed by atoms with Gasteiger partial charge in [-0.15, -0.1) is 0 Å². The van der Waals surface area contributed by atoms with Crippen molar-refractivity contribution in [3.05, 3.63) is 17.9 Å². The molecule has 108 valence electrons. The molecule has 3 N–H and O–H groups in total. The summed E-state index contributed by atoms with van der Waals surface area (Å²) >= 11 is 1.14. The standard InChI is InChI=1S/C12H16BFN2O3S/c1-12(2,3)19-11(17)16-10-15-8-6(13-18)4-5-7(14)9(8)20-10/h4-5,10,13,15,18H,1-3H3,(H,16,17). The highest BCUT2D eigenvalue weighted by atomic mass is 32.2. The molecule has 0 spiro atoms. The van der Waals surface area contributed by atoms with Gasteiger partial charge in [0.15, 0.2) is 5.50 Å². The number of hydrogen-bond donors (Lipinski definition) is 3. The van der Waals surface area contributed by atoms with Gasteiger partial charge in [0.05, 0.1) is 4.90 Å². The van der Waals surface area contributed by atoms with Crippen molar-refractivity contribution in [3.8, 4) is 0 Å². The average molecular weight is 298 g/mol. The number of carbonyl (C=O) groups is 1. The molecule has 1 aromatic rings. The number of anilines is 1. The smallest absolute Gasteiger partial charge is 0.409 e. The molecule has 1 aromatic carbocycles. The quantitative estimate of drug-likeness (QED) is 0.714. The minimum atomic E-state index is -0.596. The number of fused-ring (bicyclic) bond motifs is 1. The van der Waals surface area contributed by atoms with E-state index in [2.05, 4.69) is 10.6 Å². The maximum atomic E-state index is 13.7. The molecule has 0 fully saturated rings. The molecular weight excluding hydrogens is 282 g/mol. The Bertz CT molecular complexity index is 536. The zero-order chi connectivity index (χ0) is 14.9. The van der Waals surface area contributed by atoms with Crippen molar-refractivity contribution in [3.63, 3.8) is 0 Å². The number of nitrogens with one attached hydrogen (secondary N) is 2. The normalized spacial score (nSPS) is 17.1. The number of rotatable bonds is 2. The molecule has 8 heteroatoms. The van der Waals surface area contributed by atoms with Crippen LogP contribution in [0.1, 0.15) is 20.8 Å². The number of amides is 1. The van der Waals surface area contributed by atoms with E-state index in [1.807, 2.05) is 0 Å². The van der Waals surface area contributed by atoms with Gasteiger partial charge >= 0.3 is 13.6 Å². The lowest BCUT2D eigenvalue weighted by atomic mass is 9.87. The third-order valence-corrected chi connectivity index (χ3v) is 3.63. The molecule has 0 saturated heterocycles. The van der Waals surface area contributed by atoms with Gasteiger partial charge < -0.3 is 15.1 Å². The van der Waals surface area contributed by atoms with Crippen molar-refractivity contribution in [1.29, 1.82) is 0 Å². The Morgan fingerprint density at radius 1 is 1.55 bits per heavy atom. The summed E-state index contributed by atoms with van der Waals surface area (Å²) in [5.41, 5.74) is -0.0233. The van der Waals surface area contributed by atoms with E-state index in [0.29, 0.717) is 16.0 Å². The Balaban J connectivity index is 2.06. The molecule has 0 aromatic heterocycles. The van der Waals surface area contributed by atoms with Crippen LogP contribution in [0, 0.1) is 5.82 Å². The van der Waals surface area contributed by atoms with Gasteiger partial charge in [0, 0.05) is 5.69 Å². The lowest BCUT2D eigenvalue weighted by Crippen LogP contribution is -2.40. The summed E-state index contributed by atoms with van der Waals surface area (Å²) in [6.07, 6.45) is -0.582. The van der Waals surface area contributed by atoms with Crippen LogP contribution in [0.2, 0.25) is 0 Å². The predicted molar refractivity (Wildman–Crippen MR) is 78.0 cm³/mol. The first-order valence-electron chi connectivity index (χ1n) is 6.15. The monoisotopic (exact) mass is 298 g/mol. The van der Waals surface area contributed by atoms with Crippen LogP contribution in [0.25, 0.3) is 0 Å². The molecule has 0 radical (unpaired) electrons. The van der Waals surface area contributed by atoms with Crippen LogP contribution in [0.4, 0.5) is 14.9 Å². The SMILES string of the molecule is CC(C)(C)OC(=O)NC1Nc2c(BO)ccc(F)c2S1. The van der Waals surface area contributed by atoms with Gasteiger partial charge in [-0.2, -0.15) is 0 Å². The number of alkyl carbamates (subject to hydrolysis) is 1. The number of thioether (sulfide) groups is 1. The minimum Gasteiger partial charge on any atom is -0.449 e. The Morgan fingerprint density at radius 2 is 2.25 bits per heavy atom. The average Bonchev–Trinajstić information content (AvgIpc) is 2.71. The summed E-state index contributed by atoms with van der Waals surface area (Å²) < 4.78 is 18.8. The van der Waals surface area contributed by atoms with Crippen LogP contribution in [0.15, 0.2) is 17.0 Å². The van der Waals surface area contributed by atoms with Gasteiger partial charge in [-0.25, -0.2) is 9.18 Å². The number of hydrogen-bond acceptors (Lipinski definition) is 5. The molecule has 1 unspecified atom stereocenters. The van der Waals surface area contributed by atoms with Crippen LogP contribution in [-0.2, 0) is 4.74 Å². The van der Waals surface area contributed by atoms with Gasteiger partial charge in [0.25, 0.3) is 0 Å². The van der Waals surface area contributed by atoms with E-state index < -0.39 is 17.2 Å². The van der Waals surface area contributed by atoms with Gasteiger partial charge in [-0.3, -0.25) is 5.32 Å². The summed E-state index contributed by atoms with van der Waals surface area (Å²) in [7, 11) is -0.199. The van der Waals surface area contributed by atoms with Crippen LogP contribution >= 0.6 is 11.8 Å². The lowest BCUT2D eigenvalue weighted by molar-refractivity contribution is 0.0526. The highest BCUT2D eigenvalue weighted by molar-refractivity contribution is 8.00. The fraction of sp³-hybridized carbons (Fsp3) is 0.417. The van der Waals surface area contributed by atoms with Crippen molar-refractivity contribution in [1.82, 2.24) is 5.32 Å². The van der Waals surface area contributed by atoms with Crippen LogP contribution < -0.4 is 16.1 Å². The summed E-state index contributed by atoms with van der Waals surface area (Å²) in [4.78, 5) is 12.1. The zero-order valence-corrected chi connectivity index (χ0v) is 12.3. The molecule has 5 nitrogen and oxygen atoms in total. The summed E-state index contributed by atoms with van der Waals surface area (Å²) in [6, 6.07) is 2.81. The van der Waals surface area contributed by atoms with Crippen LogP contribution in [0.5, 0.6) is 0 Å². The van der Waals surface area contributed by atoms with Crippen molar-refractivity contribution >= 4 is 36.5 Å². The highest BCUT2D eigenvalue weighted by Crippen LogP contribution is 2.37. The third kappa shape index (κ3) is 3.37. The van der Waals surface area contributed by atoms with Crippen molar-refractivity contribution in [2.75, 3.05) is 5.32 Å². The molecule has 1 aliphatic heterocycles. The maximum Gasteiger partial charge on any atom is 0.409 e. The maximum absolute atomic E-state index is 13.7. The third-order valence-electron chi connectivity index (χ3n) is 2.53. The fourth-order valence-corrected chi connectivity index (χ4v) is 2.82. The molecule has 0 aliphatic carbocycles. The largest absolute Gasteiger partial charge is 0.449 e. The molecule has 1 atom stereocenters. The second-order valence-electron chi connectivity index (χ2n) is 5.36. The first-order valence-corrected chi connectivity index (χ1v) is 7.03. The number of ether oxygens (including phenoxy) is 1. The highest BCUT2D eigenvalue weighted by Gasteiger charge is 2.29. The van der Waals surface area contributed by atoms with Crippen LogP contribution in [-0.4, -0.2) is 29.7 Å². The Morgan fingerprint density at radius 3 is 2.85 bits per heavy atom. The molecule has 2 rings (SSSR count). The molecule has 1 heterocycles. The summed E-state index contributed by atoms with van der Waals surface area (Å²) in [5.74, 6) is -0.386. The second kappa shape index (κ2) is 5.53. The number of halogens is 1. The van der Waals surface area contributed by atoms with E-state index >= 15 is 0 Å². The Kier molecular flexibility index (Phi) is 4.15. The van der Waals surface area contributed by atoms with E-state index in [1.165, 1.54) is 12.1 Å². The lowest BCUT2D eigenvalue weighted by Gasteiger charge is -2.21. The molecular formula is C12H16BFN2O3S. The van der Waals surface area contributed by atoms with Gasteiger partial charge in [0.2, 0.25) is 0 Å². The minimum absolute atomic E-state index is 0.199. The molecule has 1 aliphatic rings. The first-order chi connectivity index (χ1) is 9.30. The van der Waals surface area contributed by atoms with Gasteiger partial charge in [-0.1, -0.05) is 17.8 Å². The first kappa shape index (κ1) is 15.0. The van der Waals surface area contributed by atoms with Crippen LogP contribution in [0.3, 0.4) is 0 Å². The van der Waals surface area contributed by atoms with E-state index in [4.69, 9.17) is 4.74 Å². The fourth-order valence-electron chi connectivity index (χ4n) is 1.76.